The van der Waals surface area contributed by atoms with Crippen LogP contribution in [0.4, 0.5) is 5.95 Å². The van der Waals surface area contributed by atoms with E-state index in [2.05, 4.69) is 14.9 Å². The maximum absolute atomic E-state index is 4.34. The molecule has 1 saturated heterocycles. The molecule has 0 aromatic carbocycles. The van der Waals surface area contributed by atoms with Crippen molar-refractivity contribution in [2.45, 2.75) is 25.7 Å². The fourth-order valence-electron chi connectivity index (χ4n) is 3.05. The van der Waals surface area contributed by atoms with E-state index in [0.717, 1.165) is 17.8 Å². The third-order valence-corrected chi connectivity index (χ3v) is 3.68. The fourth-order valence-corrected chi connectivity index (χ4v) is 3.05. The van der Waals surface area contributed by atoms with Crippen LogP contribution < -0.4 is 4.90 Å². The minimum absolute atomic E-state index is 0.890. The summed E-state index contributed by atoms with van der Waals surface area (Å²) in [5.41, 5.74) is 0. The van der Waals surface area contributed by atoms with E-state index in [4.69, 9.17) is 0 Å². The van der Waals surface area contributed by atoms with Gasteiger partial charge in [0.2, 0.25) is 5.95 Å². The lowest BCUT2D eigenvalue weighted by molar-refractivity contribution is 0.230. The molecule has 2 heterocycles. The van der Waals surface area contributed by atoms with E-state index < -0.39 is 0 Å². The first-order valence-electron chi connectivity index (χ1n) is 5.94. The average Bonchev–Trinajstić information content (AvgIpc) is 2.30. The molecule has 3 nitrogen and oxygen atoms in total. The third-order valence-electron chi connectivity index (χ3n) is 3.68. The zero-order valence-electron chi connectivity index (χ0n) is 8.97. The van der Waals surface area contributed by atoms with Crippen molar-refractivity contribution in [3.8, 4) is 0 Å². The van der Waals surface area contributed by atoms with E-state index in [1.165, 1.54) is 38.8 Å². The molecule has 1 saturated carbocycles. The highest BCUT2D eigenvalue weighted by Gasteiger charge is 2.31. The number of fused-ring (bicyclic) bond motifs is 2. The van der Waals surface area contributed by atoms with E-state index in [9.17, 15) is 0 Å². The highest BCUT2D eigenvalue weighted by Crippen LogP contribution is 2.35. The van der Waals surface area contributed by atoms with Crippen molar-refractivity contribution in [1.82, 2.24) is 9.97 Å². The van der Waals surface area contributed by atoms with Gasteiger partial charge in [-0.05, 0) is 37.2 Å². The van der Waals surface area contributed by atoms with Crippen molar-refractivity contribution in [3.05, 3.63) is 18.5 Å². The Balaban J connectivity index is 1.78. The standard InChI is InChI=1S/C12H17N3/c1-3-10-7-11(4-1)9-15(8-10)12-13-5-2-6-14-12/h2,5-6,10-11H,1,3-4,7-9H2/t10-,11-/m0/s1. The average molecular weight is 203 g/mol. The Morgan fingerprint density at radius 3 is 2.40 bits per heavy atom. The van der Waals surface area contributed by atoms with Crippen LogP contribution in [0.15, 0.2) is 18.5 Å². The van der Waals surface area contributed by atoms with Crippen molar-refractivity contribution in [2.75, 3.05) is 18.0 Å². The minimum atomic E-state index is 0.890. The van der Waals surface area contributed by atoms with Gasteiger partial charge in [-0.25, -0.2) is 9.97 Å². The Hall–Kier alpha value is -1.12. The first kappa shape index (κ1) is 9.13. The Labute approximate surface area is 90.5 Å². The first-order valence-corrected chi connectivity index (χ1v) is 5.94. The predicted molar refractivity (Wildman–Crippen MR) is 59.7 cm³/mol. The molecular formula is C12H17N3. The molecular weight excluding hydrogens is 186 g/mol. The molecule has 2 aliphatic rings. The highest BCUT2D eigenvalue weighted by atomic mass is 15.3. The van der Waals surface area contributed by atoms with Gasteiger partial charge in [0.15, 0.2) is 0 Å². The Morgan fingerprint density at radius 2 is 1.73 bits per heavy atom. The second kappa shape index (κ2) is 3.80. The van der Waals surface area contributed by atoms with Gasteiger partial charge in [-0.15, -0.1) is 0 Å². The molecule has 0 N–H and O–H groups in total. The second-order valence-electron chi connectivity index (χ2n) is 4.85. The zero-order chi connectivity index (χ0) is 10.1. The lowest BCUT2D eigenvalue weighted by Crippen LogP contribution is -2.43. The number of aromatic nitrogens is 2. The molecule has 0 radical (unpaired) electrons. The molecule has 1 aliphatic heterocycles. The summed E-state index contributed by atoms with van der Waals surface area (Å²) < 4.78 is 0. The number of nitrogens with zero attached hydrogens (tertiary/aromatic N) is 3. The van der Waals surface area contributed by atoms with Gasteiger partial charge in [-0.1, -0.05) is 6.42 Å². The Kier molecular flexibility index (Phi) is 2.31. The van der Waals surface area contributed by atoms with Crippen molar-refractivity contribution in [2.24, 2.45) is 11.8 Å². The Bertz CT molecular complexity index is 313. The highest BCUT2D eigenvalue weighted by molar-refractivity contribution is 5.29. The molecule has 2 bridgehead atoms. The molecule has 0 spiro atoms. The molecule has 3 rings (SSSR count). The molecule has 2 atom stereocenters. The van der Waals surface area contributed by atoms with Crippen LogP contribution >= 0.6 is 0 Å². The van der Waals surface area contributed by atoms with Gasteiger partial charge in [-0.3, -0.25) is 0 Å². The van der Waals surface area contributed by atoms with Gasteiger partial charge in [0.05, 0.1) is 0 Å². The van der Waals surface area contributed by atoms with Crippen LogP contribution in [0.2, 0.25) is 0 Å². The van der Waals surface area contributed by atoms with Crippen LogP contribution in [-0.2, 0) is 0 Å². The predicted octanol–water partition coefficient (Wildman–Crippen LogP) is 2.10. The summed E-state index contributed by atoms with van der Waals surface area (Å²) in [5, 5.41) is 0. The van der Waals surface area contributed by atoms with Crippen LogP contribution in [-0.4, -0.2) is 23.1 Å². The molecule has 1 aliphatic carbocycles. The largest absolute Gasteiger partial charge is 0.340 e. The van der Waals surface area contributed by atoms with Crippen LogP contribution in [0.3, 0.4) is 0 Å². The van der Waals surface area contributed by atoms with Crippen molar-refractivity contribution in [1.29, 1.82) is 0 Å². The molecule has 3 heteroatoms. The maximum Gasteiger partial charge on any atom is 0.225 e. The zero-order valence-corrected chi connectivity index (χ0v) is 8.97. The number of hydrogen-bond acceptors (Lipinski definition) is 3. The SMILES string of the molecule is c1cnc(N2C[C@H]3CCC[C@@H](C3)C2)nc1. The van der Waals surface area contributed by atoms with E-state index in [1.807, 2.05) is 18.5 Å². The smallest absolute Gasteiger partial charge is 0.225 e. The number of hydrogen-bond donors (Lipinski definition) is 0. The van der Waals surface area contributed by atoms with Gasteiger partial charge in [0.1, 0.15) is 0 Å². The first-order chi connectivity index (χ1) is 7.42. The lowest BCUT2D eigenvalue weighted by atomic mass is 9.78. The summed E-state index contributed by atoms with van der Waals surface area (Å²) in [4.78, 5) is 11.1. The van der Waals surface area contributed by atoms with Crippen LogP contribution in [0.5, 0.6) is 0 Å². The van der Waals surface area contributed by atoms with Gasteiger partial charge >= 0.3 is 0 Å². The molecule has 15 heavy (non-hydrogen) atoms. The van der Waals surface area contributed by atoms with E-state index in [-0.39, 0.29) is 0 Å². The molecule has 1 aromatic rings. The van der Waals surface area contributed by atoms with Crippen LogP contribution in [0, 0.1) is 11.8 Å². The van der Waals surface area contributed by atoms with Crippen LogP contribution in [0.25, 0.3) is 0 Å². The van der Waals surface area contributed by atoms with Gasteiger partial charge < -0.3 is 4.90 Å². The summed E-state index contributed by atoms with van der Waals surface area (Å²) >= 11 is 0. The second-order valence-corrected chi connectivity index (χ2v) is 4.85. The summed E-state index contributed by atoms with van der Waals surface area (Å²) in [7, 11) is 0. The lowest BCUT2D eigenvalue weighted by Gasteiger charge is -2.41. The normalized spacial score (nSPS) is 30.3. The summed E-state index contributed by atoms with van der Waals surface area (Å²) in [5.74, 6) is 2.71. The monoisotopic (exact) mass is 203 g/mol. The van der Waals surface area contributed by atoms with Gasteiger partial charge in [-0.2, -0.15) is 0 Å². The Morgan fingerprint density at radius 1 is 1.07 bits per heavy atom. The maximum atomic E-state index is 4.34. The van der Waals surface area contributed by atoms with E-state index in [0.29, 0.717) is 0 Å². The van der Waals surface area contributed by atoms with Crippen molar-refractivity contribution in [3.63, 3.8) is 0 Å². The molecule has 80 valence electrons. The molecule has 0 unspecified atom stereocenters. The summed E-state index contributed by atoms with van der Waals surface area (Å²) in [6.45, 7) is 2.33. The topological polar surface area (TPSA) is 29.0 Å². The third kappa shape index (κ3) is 1.83. The summed E-state index contributed by atoms with van der Waals surface area (Å²) in [6, 6.07) is 1.88. The fraction of sp³-hybridized carbons (Fsp3) is 0.667. The van der Waals surface area contributed by atoms with Gasteiger partial charge in [0.25, 0.3) is 0 Å². The summed E-state index contributed by atoms with van der Waals surface area (Å²) in [6.07, 6.45) is 9.35. The quantitative estimate of drug-likeness (QED) is 0.700. The number of rotatable bonds is 1. The van der Waals surface area contributed by atoms with Crippen molar-refractivity contribution >= 4 is 5.95 Å². The molecule has 1 aromatic heterocycles. The number of piperidine rings is 1. The number of anilines is 1. The van der Waals surface area contributed by atoms with E-state index in [1.54, 1.807) is 0 Å². The molecule has 0 amide bonds. The van der Waals surface area contributed by atoms with Gasteiger partial charge in [0, 0.05) is 25.5 Å². The van der Waals surface area contributed by atoms with Crippen molar-refractivity contribution < 1.29 is 0 Å². The van der Waals surface area contributed by atoms with E-state index >= 15 is 0 Å². The minimum Gasteiger partial charge on any atom is -0.340 e. The molecule has 2 fully saturated rings. The van der Waals surface area contributed by atoms with Crippen LogP contribution in [0.1, 0.15) is 25.7 Å².